The fourth-order valence-electron chi connectivity index (χ4n) is 2.46. The first-order valence-corrected chi connectivity index (χ1v) is 6.33. The van der Waals surface area contributed by atoms with Crippen LogP contribution in [0.15, 0.2) is 30.5 Å². The van der Waals surface area contributed by atoms with E-state index in [1.165, 1.54) is 0 Å². The third-order valence-corrected chi connectivity index (χ3v) is 3.57. The number of aliphatic hydroxyl groups excluding tert-OH is 1. The second-order valence-corrected chi connectivity index (χ2v) is 5.09. The first-order chi connectivity index (χ1) is 8.72. The zero-order valence-corrected chi connectivity index (χ0v) is 10.5. The van der Waals surface area contributed by atoms with Gasteiger partial charge >= 0.3 is 0 Å². The van der Waals surface area contributed by atoms with E-state index in [0.717, 1.165) is 36.2 Å². The molecular weight excluding hydrogens is 226 g/mol. The second-order valence-electron chi connectivity index (χ2n) is 5.09. The number of hydrogen-bond donors (Lipinski definition) is 1. The van der Waals surface area contributed by atoms with Crippen molar-refractivity contribution in [1.82, 2.24) is 9.97 Å². The Morgan fingerprint density at radius 1 is 1.28 bits per heavy atom. The maximum atomic E-state index is 9.30. The molecule has 3 rings (SSSR count). The number of aliphatic hydroxyl groups is 1. The van der Waals surface area contributed by atoms with Crippen molar-refractivity contribution in [2.45, 2.75) is 18.9 Å². The maximum Gasteiger partial charge on any atom is 0.147 e. The summed E-state index contributed by atoms with van der Waals surface area (Å²) in [5.74, 6) is 1.48. The Labute approximate surface area is 106 Å². The van der Waals surface area contributed by atoms with Gasteiger partial charge in [0.1, 0.15) is 5.82 Å². The van der Waals surface area contributed by atoms with Gasteiger partial charge < -0.3 is 10.0 Å². The lowest BCUT2D eigenvalue weighted by Gasteiger charge is -2.34. The first-order valence-electron chi connectivity index (χ1n) is 6.33. The smallest absolute Gasteiger partial charge is 0.147 e. The van der Waals surface area contributed by atoms with Crippen LogP contribution in [-0.2, 0) is 0 Å². The van der Waals surface area contributed by atoms with Gasteiger partial charge in [0.2, 0.25) is 0 Å². The van der Waals surface area contributed by atoms with Crippen LogP contribution in [0.3, 0.4) is 0 Å². The number of nitrogens with zero attached hydrogens (tertiary/aromatic N) is 3. The van der Waals surface area contributed by atoms with E-state index in [4.69, 9.17) is 0 Å². The molecule has 1 aliphatic carbocycles. The molecule has 1 fully saturated rings. The van der Waals surface area contributed by atoms with Gasteiger partial charge in [-0.05, 0) is 30.9 Å². The van der Waals surface area contributed by atoms with Crippen LogP contribution in [0.5, 0.6) is 0 Å². The number of anilines is 1. The molecule has 4 heteroatoms. The van der Waals surface area contributed by atoms with E-state index >= 15 is 0 Å². The highest BCUT2D eigenvalue weighted by molar-refractivity contribution is 5.75. The predicted molar refractivity (Wildman–Crippen MR) is 71.5 cm³/mol. The van der Waals surface area contributed by atoms with Crippen LogP contribution in [0.4, 0.5) is 5.82 Å². The van der Waals surface area contributed by atoms with Crippen molar-refractivity contribution in [2.24, 2.45) is 5.92 Å². The topological polar surface area (TPSA) is 49.2 Å². The van der Waals surface area contributed by atoms with Gasteiger partial charge in [-0.25, -0.2) is 4.98 Å². The lowest BCUT2D eigenvalue weighted by molar-refractivity contribution is 0.0464. The van der Waals surface area contributed by atoms with E-state index in [1.54, 1.807) is 0 Å². The van der Waals surface area contributed by atoms with Gasteiger partial charge in [0.15, 0.2) is 0 Å². The molecule has 0 spiro atoms. The van der Waals surface area contributed by atoms with Crippen molar-refractivity contribution in [1.29, 1.82) is 0 Å². The fraction of sp³-hybridized carbons (Fsp3) is 0.429. The van der Waals surface area contributed by atoms with Crippen LogP contribution < -0.4 is 4.90 Å². The van der Waals surface area contributed by atoms with Gasteiger partial charge in [-0.15, -0.1) is 0 Å². The molecule has 1 aliphatic rings. The Bertz CT molecular complexity index is 551. The molecule has 0 atom stereocenters. The highest BCUT2D eigenvalue weighted by Gasteiger charge is 2.28. The molecule has 1 aromatic heterocycles. The summed E-state index contributed by atoms with van der Waals surface area (Å²) in [6, 6.07) is 7.89. The fourth-order valence-corrected chi connectivity index (χ4v) is 2.46. The largest absolute Gasteiger partial charge is 0.393 e. The highest BCUT2D eigenvalue weighted by atomic mass is 16.3. The van der Waals surface area contributed by atoms with Crippen LogP contribution in [-0.4, -0.2) is 34.8 Å². The molecule has 2 aromatic rings. The molecule has 0 amide bonds. The van der Waals surface area contributed by atoms with Crippen LogP contribution in [0.25, 0.3) is 11.0 Å². The number of para-hydroxylation sites is 2. The average molecular weight is 243 g/mol. The molecule has 0 bridgehead atoms. The van der Waals surface area contributed by atoms with Crippen molar-refractivity contribution in [3.05, 3.63) is 30.5 Å². The van der Waals surface area contributed by atoms with Crippen molar-refractivity contribution < 1.29 is 5.11 Å². The lowest BCUT2D eigenvalue weighted by Crippen LogP contribution is -2.37. The maximum absolute atomic E-state index is 9.30. The summed E-state index contributed by atoms with van der Waals surface area (Å²) in [7, 11) is 2.03. The van der Waals surface area contributed by atoms with Gasteiger partial charge in [0, 0.05) is 13.6 Å². The number of benzene rings is 1. The van der Waals surface area contributed by atoms with Crippen molar-refractivity contribution in [2.75, 3.05) is 18.5 Å². The van der Waals surface area contributed by atoms with Gasteiger partial charge in [-0.2, -0.15) is 0 Å². The average Bonchev–Trinajstić information content (AvgIpc) is 2.36. The van der Waals surface area contributed by atoms with E-state index in [9.17, 15) is 5.11 Å². The number of hydrogen-bond acceptors (Lipinski definition) is 4. The minimum Gasteiger partial charge on any atom is -0.393 e. The molecule has 1 saturated carbocycles. The summed E-state index contributed by atoms with van der Waals surface area (Å²) in [6.07, 6.45) is 3.54. The zero-order valence-electron chi connectivity index (χ0n) is 10.5. The number of aromatic nitrogens is 2. The summed E-state index contributed by atoms with van der Waals surface area (Å²) in [5, 5.41) is 9.30. The van der Waals surface area contributed by atoms with Crippen LogP contribution in [0.1, 0.15) is 12.8 Å². The monoisotopic (exact) mass is 243 g/mol. The van der Waals surface area contributed by atoms with Gasteiger partial charge in [0.25, 0.3) is 0 Å². The molecule has 94 valence electrons. The predicted octanol–water partition coefficient (Wildman–Crippen LogP) is 1.84. The molecule has 0 unspecified atom stereocenters. The van der Waals surface area contributed by atoms with Crippen molar-refractivity contribution >= 4 is 16.9 Å². The molecule has 0 saturated heterocycles. The van der Waals surface area contributed by atoms with Crippen molar-refractivity contribution in [3.63, 3.8) is 0 Å². The normalized spacial score (nSPS) is 22.8. The quantitative estimate of drug-likeness (QED) is 0.893. The Morgan fingerprint density at radius 2 is 2.00 bits per heavy atom. The Morgan fingerprint density at radius 3 is 2.72 bits per heavy atom. The van der Waals surface area contributed by atoms with Gasteiger partial charge in [-0.3, -0.25) is 4.98 Å². The van der Waals surface area contributed by atoms with E-state index in [1.807, 2.05) is 37.5 Å². The summed E-state index contributed by atoms with van der Waals surface area (Å²) in [4.78, 5) is 11.1. The Kier molecular flexibility index (Phi) is 2.88. The van der Waals surface area contributed by atoms with Crippen molar-refractivity contribution in [3.8, 4) is 0 Å². The third kappa shape index (κ3) is 2.16. The minimum absolute atomic E-state index is 0.0916. The molecule has 0 aliphatic heterocycles. The molecule has 18 heavy (non-hydrogen) atoms. The van der Waals surface area contributed by atoms with Gasteiger partial charge in [0.05, 0.1) is 23.3 Å². The number of rotatable bonds is 3. The molecular formula is C14H17N3O. The Balaban J connectivity index is 1.76. The third-order valence-electron chi connectivity index (χ3n) is 3.57. The SMILES string of the molecule is CN(CC1CC(O)C1)c1cnc2ccccc2n1. The summed E-state index contributed by atoms with van der Waals surface area (Å²) in [5.41, 5.74) is 1.85. The molecule has 4 nitrogen and oxygen atoms in total. The number of fused-ring (bicyclic) bond motifs is 1. The lowest BCUT2D eigenvalue weighted by atomic mass is 9.82. The summed E-state index contributed by atoms with van der Waals surface area (Å²) < 4.78 is 0. The first kappa shape index (κ1) is 11.4. The highest BCUT2D eigenvalue weighted by Crippen LogP contribution is 2.28. The standard InChI is InChI=1S/C14H17N3O/c1-17(9-10-6-11(18)7-10)14-8-15-12-4-2-3-5-13(12)16-14/h2-5,8,10-11,18H,6-7,9H2,1H3. The molecule has 0 radical (unpaired) electrons. The van der Waals surface area contributed by atoms with E-state index in [0.29, 0.717) is 5.92 Å². The minimum atomic E-state index is -0.0916. The summed E-state index contributed by atoms with van der Waals surface area (Å²) >= 11 is 0. The van der Waals surface area contributed by atoms with Crippen LogP contribution in [0, 0.1) is 5.92 Å². The Hall–Kier alpha value is -1.68. The van der Waals surface area contributed by atoms with E-state index < -0.39 is 0 Å². The van der Waals surface area contributed by atoms with Gasteiger partial charge in [-0.1, -0.05) is 12.1 Å². The molecule has 1 aromatic carbocycles. The molecule has 1 N–H and O–H groups in total. The van der Waals surface area contributed by atoms with Crippen LogP contribution >= 0.6 is 0 Å². The van der Waals surface area contributed by atoms with Crippen LogP contribution in [0.2, 0.25) is 0 Å². The van der Waals surface area contributed by atoms with E-state index in [2.05, 4.69) is 14.9 Å². The second kappa shape index (κ2) is 4.53. The zero-order chi connectivity index (χ0) is 12.5. The summed E-state index contributed by atoms with van der Waals surface area (Å²) in [6.45, 7) is 0.935. The van der Waals surface area contributed by atoms with E-state index in [-0.39, 0.29) is 6.10 Å². The molecule has 1 heterocycles.